The minimum absolute atomic E-state index is 0.0274. The fourth-order valence-corrected chi connectivity index (χ4v) is 2.51. The van der Waals surface area contributed by atoms with E-state index in [-0.39, 0.29) is 10.9 Å². The van der Waals surface area contributed by atoms with E-state index < -0.39 is 11.9 Å². The highest BCUT2D eigenvalue weighted by Gasteiger charge is 2.19. The maximum absolute atomic E-state index is 13.5. The summed E-state index contributed by atoms with van der Waals surface area (Å²) in [6.07, 6.45) is 0. The second-order valence-corrected chi connectivity index (χ2v) is 5.28. The Hall–Kier alpha value is -1.66. The number of anilines is 1. The quantitative estimate of drug-likeness (QED) is 0.835. The Morgan fingerprint density at radius 3 is 2.57 bits per heavy atom. The van der Waals surface area contributed by atoms with E-state index in [1.807, 2.05) is 0 Å². The van der Waals surface area contributed by atoms with E-state index in [0.29, 0.717) is 27.3 Å². The lowest BCUT2D eigenvalue weighted by Gasteiger charge is -2.30. The summed E-state index contributed by atoms with van der Waals surface area (Å²) in [4.78, 5) is 0. The monoisotopic (exact) mass is 309 g/mol. The summed E-state index contributed by atoms with van der Waals surface area (Å²) < 4.78 is 13.5. The number of benzene rings is 2. The Bertz CT molecular complexity index is 675. The molecule has 0 saturated carbocycles. The summed E-state index contributed by atoms with van der Waals surface area (Å²) in [6, 6.07) is 6.93. The SMILES string of the molecule is Cc1c(Cl)cc(C(C)N)c(-c2cccc(F)c2)c1N([O-])O. The van der Waals surface area contributed by atoms with Gasteiger partial charge in [-0.2, -0.15) is 0 Å². The number of nitrogens with zero attached hydrogens (tertiary/aromatic N) is 1. The van der Waals surface area contributed by atoms with Crippen molar-refractivity contribution in [3.05, 3.63) is 57.5 Å². The molecule has 0 fully saturated rings. The lowest BCUT2D eigenvalue weighted by molar-refractivity contribution is 0.296. The zero-order chi connectivity index (χ0) is 15.7. The van der Waals surface area contributed by atoms with Crippen molar-refractivity contribution in [2.75, 3.05) is 5.23 Å². The summed E-state index contributed by atoms with van der Waals surface area (Å²) in [7, 11) is 0. The average Bonchev–Trinajstić information content (AvgIpc) is 2.40. The summed E-state index contributed by atoms with van der Waals surface area (Å²) >= 11 is 6.09. The molecule has 112 valence electrons. The van der Waals surface area contributed by atoms with Crippen LogP contribution in [0, 0.1) is 17.9 Å². The first kappa shape index (κ1) is 15.7. The molecule has 0 radical (unpaired) electrons. The Morgan fingerprint density at radius 1 is 1.38 bits per heavy atom. The van der Waals surface area contributed by atoms with Gasteiger partial charge in [0.1, 0.15) is 5.82 Å². The third-order valence-electron chi connectivity index (χ3n) is 3.32. The van der Waals surface area contributed by atoms with Gasteiger partial charge in [0.25, 0.3) is 0 Å². The fraction of sp³-hybridized carbons (Fsp3) is 0.200. The van der Waals surface area contributed by atoms with Crippen molar-refractivity contribution >= 4 is 17.3 Å². The van der Waals surface area contributed by atoms with Crippen LogP contribution in [0.25, 0.3) is 11.1 Å². The molecule has 0 aliphatic carbocycles. The first-order chi connectivity index (χ1) is 9.82. The van der Waals surface area contributed by atoms with Gasteiger partial charge in [0.15, 0.2) is 0 Å². The van der Waals surface area contributed by atoms with E-state index in [4.69, 9.17) is 17.3 Å². The predicted octanol–water partition coefficient (Wildman–Crippen LogP) is 4.17. The molecule has 0 bridgehead atoms. The normalized spacial score (nSPS) is 12.3. The maximum atomic E-state index is 13.5. The van der Waals surface area contributed by atoms with E-state index in [2.05, 4.69) is 0 Å². The van der Waals surface area contributed by atoms with Gasteiger partial charge in [-0.15, -0.1) is 0 Å². The van der Waals surface area contributed by atoms with Crippen LogP contribution in [0.15, 0.2) is 30.3 Å². The van der Waals surface area contributed by atoms with Gasteiger partial charge >= 0.3 is 0 Å². The van der Waals surface area contributed by atoms with Gasteiger partial charge in [-0.25, -0.2) is 4.39 Å². The van der Waals surface area contributed by atoms with Gasteiger partial charge in [0.05, 0.1) is 5.69 Å². The Labute approximate surface area is 127 Å². The van der Waals surface area contributed by atoms with Gasteiger partial charge < -0.3 is 16.2 Å². The molecule has 2 aromatic carbocycles. The molecular weight excluding hydrogens is 295 g/mol. The molecular formula is C15H15ClFN2O2-. The Balaban J connectivity index is 2.86. The highest BCUT2D eigenvalue weighted by molar-refractivity contribution is 6.32. The standard InChI is InChI=1S/C15H15ClFN2O2/c1-8-13(16)7-12(9(2)18)14(15(8)19(20)21)10-4-3-5-11(17)6-10/h3-7,9,20H,18H2,1-2H3/q-1. The van der Waals surface area contributed by atoms with E-state index >= 15 is 0 Å². The molecule has 0 spiro atoms. The molecule has 0 amide bonds. The second-order valence-electron chi connectivity index (χ2n) is 4.87. The van der Waals surface area contributed by atoms with Gasteiger partial charge in [-0.1, -0.05) is 23.7 Å². The van der Waals surface area contributed by atoms with E-state index in [1.54, 1.807) is 26.0 Å². The highest BCUT2D eigenvalue weighted by Crippen LogP contribution is 2.41. The molecule has 0 aliphatic heterocycles. The van der Waals surface area contributed by atoms with Crippen molar-refractivity contribution in [3.8, 4) is 11.1 Å². The lowest BCUT2D eigenvalue weighted by atomic mass is 9.92. The zero-order valence-electron chi connectivity index (χ0n) is 11.6. The molecule has 0 saturated heterocycles. The molecule has 3 N–H and O–H groups in total. The van der Waals surface area contributed by atoms with Crippen LogP contribution in [-0.4, -0.2) is 5.21 Å². The number of rotatable bonds is 3. The second kappa shape index (κ2) is 5.99. The summed E-state index contributed by atoms with van der Waals surface area (Å²) in [5, 5.41) is 21.0. The topological polar surface area (TPSA) is 72.5 Å². The summed E-state index contributed by atoms with van der Waals surface area (Å²) in [6.45, 7) is 3.33. The molecule has 1 unspecified atom stereocenters. The van der Waals surface area contributed by atoms with Gasteiger partial charge in [-0.05, 0) is 48.7 Å². The molecule has 6 heteroatoms. The first-order valence-corrected chi connectivity index (χ1v) is 6.71. The van der Waals surface area contributed by atoms with E-state index in [9.17, 15) is 14.8 Å². The van der Waals surface area contributed by atoms with Gasteiger partial charge in [0.2, 0.25) is 0 Å². The van der Waals surface area contributed by atoms with Crippen LogP contribution >= 0.6 is 11.6 Å². The number of hydrogen-bond donors (Lipinski definition) is 2. The number of nitrogens with two attached hydrogens (primary N) is 1. The minimum atomic E-state index is -0.447. The van der Waals surface area contributed by atoms with Crippen LogP contribution in [0.3, 0.4) is 0 Å². The summed E-state index contributed by atoms with van der Waals surface area (Å²) in [5.41, 5.74) is 7.68. The van der Waals surface area contributed by atoms with Crippen molar-refractivity contribution in [1.29, 1.82) is 0 Å². The van der Waals surface area contributed by atoms with Gasteiger partial charge in [0, 0.05) is 16.6 Å². The number of hydrogen-bond acceptors (Lipinski definition) is 4. The third-order valence-corrected chi connectivity index (χ3v) is 3.71. The van der Waals surface area contributed by atoms with Crippen LogP contribution < -0.4 is 11.0 Å². The fourth-order valence-electron chi connectivity index (χ4n) is 2.30. The van der Waals surface area contributed by atoms with Crippen molar-refractivity contribution in [2.45, 2.75) is 19.9 Å². The van der Waals surface area contributed by atoms with Crippen molar-refractivity contribution < 1.29 is 9.60 Å². The Kier molecular flexibility index (Phi) is 4.49. The minimum Gasteiger partial charge on any atom is -0.733 e. The summed E-state index contributed by atoms with van der Waals surface area (Å²) in [5.74, 6) is -0.447. The smallest absolute Gasteiger partial charge is 0.123 e. The van der Waals surface area contributed by atoms with E-state index in [0.717, 1.165) is 0 Å². The van der Waals surface area contributed by atoms with Crippen LogP contribution in [0.5, 0.6) is 0 Å². The van der Waals surface area contributed by atoms with E-state index in [1.165, 1.54) is 18.2 Å². The maximum Gasteiger partial charge on any atom is 0.123 e. The molecule has 2 rings (SSSR count). The molecule has 1 atom stereocenters. The molecule has 0 heterocycles. The molecule has 0 aliphatic rings. The van der Waals surface area contributed by atoms with Crippen molar-refractivity contribution in [3.63, 3.8) is 0 Å². The highest BCUT2D eigenvalue weighted by atomic mass is 35.5. The Morgan fingerprint density at radius 2 is 2.05 bits per heavy atom. The third kappa shape index (κ3) is 3.01. The van der Waals surface area contributed by atoms with Crippen LogP contribution in [0.4, 0.5) is 10.1 Å². The first-order valence-electron chi connectivity index (χ1n) is 6.33. The molecule has 2 aromatic rings. The largest absolute Gasteiger partial charge is 0.733 e. The van der Waals surface area contributed by atoms with Gasteiger partial charge in [-0.3, -0.25) is 5.21 Å². The van der Waals surface area contributed by atoms with Crippen molar-refractivity contribution in [1.82, 2.24) is 0 Å². The number of halogens is 2. The van der Waals surface area contributed by atoms with Crippen LogP contribution in [0.2, 0.25) is 5.02 Å². The van der Waals surface area contributed by atoms with Crippen LogP contribution in [0.1, 0.15) is 24.1 Å². The van der Waals surface area contributed by atoms with Crippen LogP contribution in [-0.2, 0) is 0 Å². The average molecular weight is 310 g/mol. The lowest BCUT2D eigenvalue weighted by Crippen LogP contribution is -2.15. The molecule has 21 heavy (non-hydrogen) atoms. The molecule has 4 nitrogen and oxygen atoms in total. The van der Waals surface area contributed by atoms with Crippen molar-refractivity contribution in [2.24, 2.45) is 5.73 Å². The zero-order valence-corrected chi connectivity index (χ0v) is 12.4. The predicted molar refractivity (Wildman–Crippen MR) is 81.8 cm³/mol. The molecule has 0 aromatic heterocycles.